The van der Waals surface area contributed by atoms with E-state index in [1.807, 2.05) is 11.4 Å². The fourth-order valence-electron chi connectivity index (χ4n) is 0.687. The fourth-order valence-corrected chi connectivity index (χ4v) is 1.50. The van der Waals surface area contributed by atoms with Gasteiger partial charge in [-0.15, -0.1) is 17.8 Å². The number of hydrogen-bond acceptors (Lipinski definition) is 3. The Balaban J connectivity index is 2.82. The standard InChI is InChI=1S/C8H9NOS/c1-3-7(9)8-4-6(10-2)5-11-8/h1,4-5,7H,9H2,2H3. The Hall–Kier alpha value is -0.980. The van der Waals surface area contributed by atoms with Crippen LogP contribution in [0.15, 0.2) is 11.4 Å². The average molecular weight is 167 g/mol. The second-order valence-electron chi connectivity index (χ2n) is 2.03. The lowest BCUT2D eigenvalue weighted by Crippen LogP contribution is -2.04. The number of methoxy groups -OCH3 is 1. The highest BCUT2D eigenvalue weighted by atomic mass is 32.1. The molecule has 1 rings (SSSR count). The first-order chi connectivity index (χ1) is 5.27. The Kier molecular flexibility index (Phi) is 2.53. The second-order valence-corrected chi connectivity index (χ2v) is 2.98. The van der Waals surface area contributed by atoms with Crippen LogP contribution in [0.25, 0.3) is 0 Å². The largest absolute Gasteiger partial charge is 0.496 e. The molecule has 0 bridgehead atoms. The molecule has 1 unspecified atom stereocenters. The highest BCUT2D eigenvalue weighted by Crippen LogP contribution is 2.24. The summed E-state index contributed by atoms with van der Waals surface area (Å²) in [7, 11) is 1.62. The SMILES string of the molecule is C#CC(N)c1cc(OC)cs1. The molecule has 0 saturated carbocycles. The lowest BCUT2D eigenvalue weighted by atomic mass is 10.3. The van der Waals surface area contributed by atoms with E-state index in [0.717, 1.165) is 10.6 Å². The summed E-state index contributed by atoms with van der Waals surface area (Å²) in [5, 5.41) is 1.88. The Morgan fingerprint density at radius 1 is 1.82 bits per heavy atom. The zero-order valence-corrected chi connectivity index (χ0v) is 7.02. The van der Waals surface area contributed by atoms with Crippen molar-refractivity contribution in [1.82, 2.24) is 0 Å². The lowest BCUT2D eigenvalue weighted by molar-refractivity contribution is 0.416. The van der Waals surface area contributed by atoms with Gasteiger partial charge in [0.15, 0.2) is 0 Å². The van der Waals surface area contributed by atoms with Crippen LogP contribution in [0.1, 0.15) is 10.9 Å². The van der Waals surface area contributed by atoms with Gasteiger partial charge >= 0.3 is 0 Å². The first-order valence-corrected chi connectivity index (χ1v) is 4.00. The molecule has 0 radical (unpaired) electrons. The molecule has 0 aliphatic heterocycles. The van der Waals surface area contributed by atoms with Crippen molar-refractivity contribution in [1.29, 1.82) is 0 Å². The number of rotatable bonds is 2. The quantitative estimate of drug-likeness (QED) is 0.675. The van der Waals surface area contributed by atoms with Crippen LogP contribution in [-0.4, -0.2) is 7.11 Å². The third kappa shape index (κ3) is 1.73. The Bertz CT molecular complexity index is 274. The van der Waals surface area contributed by atoms with E-state index in [2.05, 4.69) is 5.92 Å². The maximum atomic E-state index is 5.58. The summed E-state index contributed by atoms with van der Waals surface area (Å²) in [6.45, 7) is 0. The molecular formula is C8H9NOS. The lowest BCUT2D eigenvalue weighted by Gasteiger charge is -1.97. The molecule has 1 atom stereocenters. The molecule has 0 aliphatic rings. The summed E-state index contributed by atoms with van der Waals surface area (Å²) in [4.78, 5) is 0.962. The molecule has 1 aromatic heterocycles. The summed E-state index contributed by atoms with van der Waals surface area (Å²) >= 11 is 1.51. The molecule has 0 saturated heterocycles. The van der Waals surface area contributed by atoms with Gasteiger partial charge in [0.05, 0.1) is 7.11 Å². The van der Waals surface area contributed by atoms with Crippen LogP contribution in [0.4, 0.5) is 0 Å². The van der Waals surface area contributed by atoms with E-state index in [1.54, 1.807) is 7.11 Å². The molecule has 0 spiro atoms. The summed E-state index contributed by atoms with van der Waals surface area (Å²) in [5.74, 6) is 3.27. The van der Waals surface area contributed by atoms with E-state index < -0.39 is 0 Å². The molecule has 0 aliphatic carbocycles. The van der Waals surface area contributed by atoms with Gasteiger partial charge in [0, 0.05) is 10.3 Å². The molecule has 2 N–H and O–H groups in total. The van der Waals surface area contributed by atoms with Crippen molar-refractivity contribution in [3.8, 4) is 18.1 Å². The molecule has 11 heavy (non-hydrogen) atoms. The Labute approximate surface area is 70.0 Å². The third-order valence-electron chi connectivity index (χ3n) is 1.32. The van der Waals surface area contributed by atoms with Crippen molar-refractivity contribution in [3.63, 3.8) is 0 Å². The van der Waals surface area contributed by atoms with E-state index in [9.17, 15) is 0 Å². The predicted molar refractivity (Wildman–Crippen MR) is 46.6 cm³/mol. The van der Waals surface area contributed by atoms with Gasteiger partial charge in [-0.1, -0.05) is 5.92 Å². The van der Waals surface area contributed by atoms with Gasteiger partial charge in [-0.2, -0.15) is 0 Å². The smallest absolute Gasteiger partial charge is 0.129 e. The van der Waals surface area contributed by atoms with Crippen molar-refractivity contribution in [3.05, 3.63) is 16.3 Å². The molecule has 1 aromatic rings. The van der Waals surface area contributed by atoms with Crippen LogP contribution in [-0.2, 0) is 0 Å². The van der Waals surface area contributed by atoms with Gasteiger partial charge in [0.2, 0.25) is 0 Å². The van der Waals surface area contributed by atoms with Gasteiger partial charge in [-0.05, 0) is 6.07 Å². The highest BCUT2D eigenvalue weighted by Gasteiger charge is 2.05. The zero-order chi connectivity index (χ0) is 8.27. The molecule has 0 amide bonds. The number of terminal acetylenes is 1. The number of nitrogens with two attached hydrogens (primary N) is 1. The van der Waals surface area contributed by atoms with Crippen LogP contribution >= 0.6 is 11.3 Å². The van der Waals surface area contributed by atoms with Crippen molar-refractivity contribution in [2.45, 2.75) is 6.04 Å². The monoisotopic (exact) mass is 167 g/mol. The van der Waals surface area contributed by atoms with Crippen molar-refractivity contribution in [2.24, 2.45) is 5.73 Å². The van der Waals surface area contributed by atoms with Gasteiger partial charge in [-0.3, -0.25) is 0 Å². The predicted octanol–water partition coefficient (Wildman–Crippen LogP) is 1.39. The maximum absolute atomic E-state index is 5.58. The number of hydrogen-bond donors (Lipinski definition) is 1. The van der Waals surface area contributed by atoms with Gasteiger partial charge in [0.25, 0.3) is 0 Å². The third-order valence-corrected chi connectivity index (χ3v) is 2.31. The summed E-state index contributed by atoms with van der Waals surface area (Å²) in [5.41, 5.74) is 5.58. The fraction of sp³-hybridized carbons (Fsp3) is 0.250. The molecule has 0 aromatic carbocycles. The first-order valence-electron chi connectivity index (χ1n) is 3.12. The summed E-state index contributed by atoms with van der Waals surface area (Å²) in [6.07, 6.45) is 5.15. The topological polar surface area (TPSA) is 35.2 Å². The minimum atomic E-state index is -0.302. The molecule has 2 nitrogen and oxygen atoms in total. The zero-order valence-electron chi connectivity index (χ0n) is 6.20. The van der Waals surface area contributed by atoms with Crippen molar-refractivity contribution < 1.29 is 4.74 Å². The van der Waals surface area contributed by atoms with E-state index in [1.165, 1.54) is 11.3 Å². The van der Waals surface area contributed by atoms with E-state index >= 15 is 0 Å². The van der Waals surface area contributed by atoms with Gasteiger partial charge in [0.1, 0.15) is 11.8 Å². The molecule has 0 fully saturated rings. The number of thiophene rings is 1. The molecule has 58 valence electrons. The van der Waals surface area contributed by atoms with Crippen LogP contribution < -0.4 is 10.5 Å². The minimum absolute atomic E-state index is 0.302. The summed E-state index contributed by atoms with van der Waals surface area (Å²) < 4.78 is 4.98. The Morgan fingerprint density at radius 2 is 2.55 bits per heavy atom. The highest BCUT2D eigenvalue weighted by molar-refractivity contribution is 7.10. The first kappa shape index (κ1) is 8.12. The maximum Gasteiger partial charge on any atom is 0.129 e. The van der Waals surface area contributed by atoms with E-state index in [-0.39, 0.29) is 6.04 Å². The van der Waals surface area contributed by atoms with Gasteiger partial charge in [-0.25, -0.2) is 0 Å². The summed E-state index contributed by atoms with van der Waals surface area (Å²) in [6, 6.07) is 1.55. The van der Waals surface area contributed by atoms with Crippen molar-refractivity contribution >= 4 is 11.3 Å². The van der Waals surface area contributed by atoms with Crippen LogP contribution in [0.3, 0.4) is 0 Å². The van der Waals surface area contributed by atoms with Crippen LogP contribution in [0.5, 0.6) is 5.75 Å². The van der Waals surface area contributed by atoms with Gasteiger partial charge < -0.3 is 10.5 Å². The molecule has 1 heterocycles. The average Bonchev–Trinajstić information content (AvgIpc) is 2.50. The van der Waals surface area contributed by atoms with E-state index in [4.69, 9.17) is 16.9 Å². The minimum Gasteiger partial charge on any atom is -0.496 e. The van der Waals surface area contributed by atoms with Crippen molar-refractivity contribution in [2.75, 3.05) is 7.11 Å². The second kappa shape index (κ2) is 3.42. The molecule has 3 heteroatoms. The van der Waals surface area contributed by atoms with E-state index in [0.29, 0.717) is 0 Å². The molecular weight excluding hydrogens is 158 g/mol. The Morgan fingerprint density at radius 3 is 3.00 bits per heavy atom. The van der Waals surface area contributed by atoms with Crippen LogP contribution in [0.2, 0.25) is 0 Å². The number of ether oxygens (including phenoxy) is 1. The normalized spacial score (nSPS) is 12.1. The van der Waals surface area contributed by atoms with Crippen LogP contribution in [0, 0.1) is 12.3 Å².